The summed E-state index contributed by atoms with van der Waals surface area (Å²) in [6.07, 6.45) is 0. The molecule has 9 heteroatoms. The van der Waals surface area contributed by atoms with Crippen LogP contribution in [0.3, 0.4) is 0 Å². The molecular weight excluding hydrogens is 322 g/mol. The molecule has 1 aromatic carbocycles. The van der Waals surface area contributed by atoms with Crippen LogP contribution in [0.4, 0.5) is 10.5 Å². The molecule has 1 N–H and O–H groups in total. The normalized spacial score (nSPS) is 13.6. The molecule has 0 unspecified atom stereocenters. The summed E-state index contributed by atoms with van der Waals surface area (Å²) >= 11 is 6.68. The second-order valence-electron chi connectivity index (χ2n) is 3.87. The molecule has 0 saturated carbocycles. The van der Waals surface area contributed by atoms with Gasteiger partial charge < -0.3 is 0 Å². The van der Waals surface area contributed by atoms with Crippen molar-refractivity contribution in [3.63, 3.8) is 0 Å². The van der Waals surface area contributed by atoms with Gasteiger partial charge in [-0.3, -0.25) is 4.72 Å². The van der Waals surface area contributed by atoms with Crippen LogP contribution in [-0.2, 0) is 10.0 Å². The molecular formula is C11H6ClN3O3S2. The molecule has 6 nitrogen and oxygen atoms in total. The van der Waals surface area contributed by atoms with E-state index in [1.165, 1.54) is 30.3 Å². The summed E-state index contributed by atoms with van der Waals surface area (Å²) in [7, 11) is -3.70. The second-order valence-corrected chi connectivity index (χ2v) is 7.50. The van der Waals surface area contributed by atoms with Gasteiger partial charge in [-0.15, -0.1) is 11.3 Å². The first kappa shape index (κ1) is 13.2. The largest absolute Gasteiger partial charge is 0.368 e. The highest BCUT2D eigenvalue weighted by Gasteiger charge is 2.17. The van der Waals surface area contributed by atoms with Crippen molar-refractivity contribution in [3.8, 4) is 0 Å². The lowest BCUT2D eigenvalue weighted by molar-refractivity contribution is 0.256. The number of urea groups is 1. The van der Waals surface area contributed by atoms with Crippen LogP contribution in [0, 0.1) is 0 Å². The van der Waals surface area contributed by atoms with Crippen molar-refractivity contribution in [2.45, 2.75) is 4.21 Å². The molecule has 0 atom stereocenters. The van der Waals surface area contributed by atoms with E-state index in [4.69, 9.17) is 11.6 Å². The molecule has 0 saturated heterocycles. The number of sulfonamides is 1. The van der Waals surface area contributed by atoms with E-state index in [9.17, 15) is 13.2 Å². The summed E-state index contributed by atoms with van der Waals surface area (Å²) in [6.45, 7) is 0. The summed E-state index contributed by atoms with van der Waals surface area (Å²) < 4.78 is 27.1. The topological polar surface area (TPSA) is 88.0 Å². The molecule has 102 valence electrons. The van der Waals surface area contributed by atoms with Gasteiger partial charge >= 0.3 is 6.03 Å². The molecule has 3 rings (SSSR count). The van der Waals surface area contributed by atoms with E-state index in [1.807, 2.05) is 0 Å². The van der Waals surface area contributed by atoms with Gasteiger partial charge in [0, 0.05) is 0 Å². The number of fused-ring (bicyclic) bond motifs is 1. The minimum atomic E-state index is -3.70. The summed E-state index contributed by atoms with van der Waals surface area (Å²) in [6, 6.07) is 6.84. The maximum atomic E-state index is 12.1. The van der Waals surface area contributed by atoms with Gasteiger partial charge in [-0.2, -0.15) is 9.98 Å². The summed E-state index contributed by atoms with van der Waals surface area (Å²) in [5, 5.41) is 0.775. The summed E-state index contributed by atoms with van der Waals surface area (Å²) in [4.78, 5) is 18.3. The van der Waals surface area contributed by atoms with Crippen LogP contribution in [0.2, 0.25) is 4.34 Å². The minimum absolute atomic E-state index is 0.112. The summed E-state index contributed by atoms with van der Waals surface area (Å²) in [5.74, 6) is 0. The molecule has 0 aliphatic carbocycles. The van der Waals surface area contributed by atoms with Gasteiger partial charge in [0.1, 0.15) is 4.21 Å². The van der Waals surface area contributed by atoms with Crippen LogP contribution in [0.1, 0.15) is 0 Å². The predicted molar refractivity (Wildman–Crippen MR) is 74.3 cm³/mol. The number of amides is 2. The first-order valence-electron chi connectivity index (χ1n) is 5.34. The molecule has 1 aliphatic rings. The fourth-order valence-electron chi connectivity index (χ4n) is 1.65. The van der Waals surface area contributed by atoms with Crippen molar-refractivity contribution in [1.82, 2.24) is 0 Å². The highest BCUT2D eigenvalue weighted by atomic mass is 35.5. The number of benzene rings is 1. The fraction of sp³-hybridized carbons (Fsp3) is 0. The molecule has 2 amide bonds. The molecule has 0 fully saturated rings. The standard InChI is InChI=1S/C11H6ClN3O3S2/c12-9-3-4-10(19-9)20(17,18)15-6-1-2-7-8(5-6)14-11(16)13-7/h1-5,15H. The molecule has 2 aromatic rings. The van der Waals surface area contributed by atoms with E-state index < -0.39 is 16.1 Å². The molecule has 0 bridgehead atoms. The van der Waals surface area contributed by atoms with Gasteiger partial charge in [-0.05, 0) is 30.3 Å². The van der Waals surface area contributed by atoms with Crippen LogP contribution < -0.4 is 15.4 Å². The van der Waals surface area contributed by atoms with E-state index in [-0.39, 0.29) is 4.21 Å². The van der Waals surface area contributed by atoms with Crippen LogP contribution >= 0.6 is 22.9 Å². The van der Waals surface area contributed by atoms with Crippen LogP contribution in [0.15, 0.2) is 44.5 Å². The third-order valence-electron chi connectivity index (χ3n) is 2.47. The van der Waals surface area contributed by atoms with E-state index in [2.05, 4.69) is 14.7 Å². The molecule has 2 heterocycles. The Hall–Kier alpha value is -1.77. The number of hydrogen-bond acceptors (Lipinski definition) is 4. The highest BCUT2D eigenvalue weighted by Crippen LogP contribution is 2.26. The zero-order valence-electron chi connectivity index (χ0n) is 9.70. The summed E-state index contributed by atoms with van der Waals surface area (Å²) in [5.41, 5.74) is 0.307. The van der Waals surface area contributed by atoms with Crippen LogP contribution in [0.25, 0.3) is 0 Å². The maximum absolute atomic E-state index is 12.1. The zero-order chi connectivity index (χ0) is 14.3. The number of rotatable bonds is 3. The predicted octanol–water partition coefficient (Wildman–Crippen LogP) is 1.58. The molecule has 20 heavy (non-hydrogen) atoms. The molecule has 0 radical (unpaired) electrons. The van der Waals surface area contributed by atoms with Gasteiger partial charge in [-0.25, -0.2) is 13.2 Å². The van der Waals surface area contributed by atoms with Crippen molar-refractivity contribution in [2.75, 3.05) is 4.72 Å². The van der Waals surface area contributed by atoms with Gasteiger partial charge in [0.2, 0.25) is 0 Å². The lowest BCUT2D eigenvalue weighted by atomic mass is 10.3. The number of hydrogen-bond donors (Lipinski definition) is 1. The molecule has 1 aliphatic heterocycles. The quantitative estimate of drug-likeness (QED) is 0.928. The Morgan fingerprint density at radius 2 is 1.85 bits per heavy atom. The van der Waals surface area contributed by atoms with Crippen LogP contribution in [-0.4, -0.2) is 14.4 Å². The lowest BCUT2D eigenvalue weighted by Gasteiger charge is -2.05. The van der Waals surface area contributed by atoms with Crippen molar-refractivity contribution >= 4 is 44.7 Å². The number of anilines is 1. The first-order chi connectivity index (χ1) is 9.44. The number of thiophene rings is 1. The third-order valence-corrected chi connectivity index (χ3v) is 5.58. The van der Waals surface area contributed by atoms with Crippen molar-refractivity contribution in [1.29, 1.82) is 0 Å². The van der Waals surface area contributed by atoms with Gasteiger partial charge in [-0.1, -0.05) is 11.6 Å². The Labute approximate surface area is 122 Å². The second kappa shape index (κ2) is 4.65. The maximum Gasteiger partial charge on any atom is 0.368 e. The lowest BCUT2D eigenvalue weighted by Crippen LogP contribution is -2.22. The SMILES string of the molecule is O=C1N=c2ccc(NS(=O)(=O)c3ccc(Cl)s3)cc2=N1. The average Bonchev–Trinajstić information content (AvgIpc) is 2.93. The van der Waals surface area contributed by atoms with Gasteiger partial charge in [0.15, 0.2) is 0 Å². The van der Waals surface area contributed by atoms with Crippen LogP contribution in [0.5, 0.6) is 0 Å². The van der Waals surface area contributed by atoms with E-state index >= 15 is 0 Å². The Morgan fingerprint density at radius 3 is 2.55 bits per heavy atom. The molecule has 1 aromatic heterocycles. The number of carbonyl (C=O) groups is 1. The first-order valence-corrected chi connectivity index (χ1v) is 8.01. The fourth-order valence-corrected chi connectivity index (χ4v) is 4.18. The van der Waals surface area contributed by atoms with E-state index in [0.29, 0.717) is 20.7 Å². The molecule has 0 spiro atoms. The Bertz CT molecular complexity index is 934. The average molecular weight is 328 g/mol. The number of halogens is 1. The van der Waals surface area contributed by atoms with Gasteiger partial charge in [0.05, 0.1) is 20.7 Å². The van der Waals surface area contributed by atoms with Crippen molar-refractivity contribution < 1.29 is 13.2 Å². The zero-order valence-corrected chi connectivity index (χ0v) is 12.1. The van der Waals surface area contributed by atoms with E-state index in [1.54, 1.807) is 0 Å². The number of nitrogens with one attached hydrogen (secondary N) is 1. The van der Waals surface area contributed by atoms with Crippen molar-refractivity contribution in [2.24, 2.45) is 9.98 Å². The number of carbonyl (C=O) groups excluding carboxylic acids is 1. The minimum Gasteiger partial charge on any atom is -0.279 e. The van der Waals surface area contributed by atoms with E-state index in [0.717, 1.165) is 11.3 Å². The smallest absolute Gasteiger partial charge is 0.279 e. The number of nitrogens with zero attached hydrogens (tertiary/aromatic N) is 2. The third kappa shape index (κ3) is 2.45. The van der Waals surface area contributed by atoms with Gasteiger partial charge in [0.25, 0.3) is 10.0 Å². The Kier molecular flexibility index (Phi) is 3.08. The highest BCUT2D eigenvalue weighted by molar-refractivity contribution is 7.94. The van der Waals surface area contributed by atoms with Crippen molar-refractivity contribution in [3.05, 3.63) is 45.4 Å². The Morgan fingerprint density at radius 1 is 1.10 bits per heavy atom. The monoisotopic (exact) mass is 327 g/mol. The Balaban J connectivity index is 1.97.